The van der Waals surface area contributed by atoms with Crippen LogP contribution in [0.4, 0.5) is 0 Å². The molecule has 0 saturated heterocycles. The van der Waals surface area contributed by atoms with Crippen LogP contribution in [0.1, 0.15) is 149 Å². The molecule has 0 bridgehead atoms. The van der Waals surface area contributed by atoms with Crippen molar-refractivity contribution in [3.63, 3.8) is 0 Å². The van der Waals surface area contributed by atoms with E-state index in [0.29, 0.717) is 32.1 Å². The van der Waals surface area contributed by atoms with Crippen LogP contribution in [0.2, 0.25) is 0 Å². The molecule has 0 rings (SSSR count). The number of nitrogens with two attached hydrogens (primary N) is 1. The largest absolute Gasteiger partial charge is 0.480 e. The summed E-state index contributed by atoms with van der Waals surface area (Å²) in [5.41, 5.74) is 5.33. The Morgan fingerprint density at radius 3 is 1.66 bits per heavy atom. The van der Waals surface area contributed by atoms with Gasteiger partial charge in [-0.15, -0.1) is 0 Å². The van der Waals surface area contributed by atoms with E-state index in [9.17, 15) is 28.9 Å². The van der Waals surface area contributed by atoms with E-state index in [0.717, 1.165) is 51.4 Å². The number of unbranched alkanes of at least 4 members (excludes halogenated alkanes) is 10. The van der Waals surface area contributed by atoms with E-state index < -0.39 is 63.8 Å². The third-order valence-electron chi connectivity index (χ3n) is 8.89. The molecule has 346 valence electrons. The fourth-order valence-electron chi connectivity index (χ4n) is 5.30. The second-order valence-corrected chi connectivity index (χ2v) is 16.1. The molecule has 1 unspecified atom stereocenters. The molecule has 0 spiro atoms. The number of esters is 2. The van der Waals surface area contributed by atoms with Gasteiger partial charge in [0.1, 0.15) is 12.6 Å². The van der Waals surface area contributed by atoms with Crippen molar-refractivity contribution in [2.45, 2.75) is 167 Å². The zero-order valence-corrected chi connectivity index (χ0v) is 38.0. The first-order chi connectivity index (χ1) is 29.5. The highest BCUT2D eigenvalue weighted by molar-refractivity contribution is 7.47. The smallest absolute Gasteiger partial charge is 0.472 e. The number of rotatable bonds is 40. The van der Waals surface area contributed by atoms with Gasteiger partial charge in [-0.2, -0.15) is 0 Å². The number of carbonyl (C=O) groups excluding carboxylic acids is 2. The van der Waals surface area contributed by atoms with Crippen LogP contribution >= 0.6 is 7.82 Å². The SMILES string of the molecule is CCCCC/C=C\C/C=C\C/C=C\C/C=C\CCCCCC(=O)O[C@H](COC(=O)CCC/C=C\C/C=C\C=C\[C@H](O)C/C=C\CCCCC)COP(=O)(O)OC[C@H](N)C(=O)O. The van der Waals surface area contributed by atoms with Crippen molar-refractivity contribution in [1.29, 1.82) is 0 Å². The van der Waals surface area contributed by atoms with Crippen molar-refractivity contribution in [3.8, 4) is 0 Å². The number of carboxylic acids is 1. The third kappa shape index (κ3) is 41.5. The summed E-state index contributed by atoms with van der Waals surface area (Å²) in [4.78, 5) is 46.0. The predicted molar refractivity (Wildman–Crippen MR) is 246 cm³/mol. The van der Waals surface area contributed by atoms with Gasteiger partial charge >= 0.3 is 25.7 Å². The molecular weight excluding hydrogens is 797 g/mol. The molecule has 61 heavy (non-hydrogen) atoms. The Morgan fingerprint density at radius 1 is 0.590 bits per heavy atom. The highest BCUT2D eigenvalue weighted by Gasteiger charge is 2.28. The van der Waals surface area contributed by atoms with Crippen molar-refractivity contribution in [2.75, 3.05) is 19.8 Å². The predicted octanol–water partition coefficient (Wildman–Crippen LogP) is 11.0. The van der Waals surface area contributed by atoms with Gasteiger partial charge in [0, 0.05) is 12.8 Å². The minimum absolute atomic E-state index is 0.0937. The molecule has 0 aliphatic rings. The molecule has 0 radical (unpaired) electrons. The fraction of sp³-hybridized carbons (Fsp3) is 0.604. The molecule has 4 atom stereocenters. The Balaban J connectivity index is 4.59. The van der Waals surface area contributed by atoms with E-state index in [2.05, 4.69) is 73.1 Å². The molecule has 0 aliphatic heterocycles. The van der Waals surface area contributed by atoms with Crippen LogP contribution in [0.25, 0.3) is 0 Å². The lowest BCUT2D eigenvalue weighted by Gasteiger charge is -2.20. The van der Waals surface area contributed by atoms with Crippen LogP contribution < -0.4 is 5.73 Å². The molecular formula is C48H78NO11P. The number of carbonyl (C=O) groups is 3. The average Bonchev–Trinajstić information content (AvgIpc) is 3.23. The van der Waals surface area contributed by atoms with Gasteiger partial charge in [0.2, 0.25) is 0 Å². The maximum Gasteiger partial charge on any atom is 0.472 e. The number of aliphatic hydroxyl groups excluding tert-OH is 1. The van der Waals surface area contributed by atoms with E-state index in [1.807, 2.05) is 36.5 Å². The van der Waals surface area contributed by atoms with Crippen molar-refractivity contribution < 1.29 is 52.6 Å². The number of ether oxygens (including phenoxy) is 2. The van der Waals surface area contributed by atoms with Crippen LogP contribution in [0.3, 0.4) is 0 Å². The normalized spacial score (nSPS) is 15.1. The molecule has 0 aromatic heterocycles. The maximum atomic E-state index is 12.6. The Morgan fingerprint density at radius 2 is 1.08 bits per heavy atom. The Hall–Kier alpha value is -3.64. The van der Waals surface area contributed by atoms with E-state index in [1.165, 1.54) is 38.5 Å². The second kappa shape index (κ2) is 41.7. The van der Waals surface area contributed by atoms with Gasteiger partial charge in [-0.1, -0.05) is 143 Å². The number of phosphoric acid groups is 1. The molecule has 0 heterocycles. The van der Waals surface area contributed by atoms with Gasteiger partial charge in [-0.3, -0.25) is 23.4 Å². The van der Waals surface area contributed by atoms with E-state index in [4.69, 9.17) is 24.8 Å². The summed E-state index contributed by atoms with van der Waals surface area (Å²) in [6, 6.07) is -1.55. The van der Waals surface area contributed by atoms with E-state index in [-0.39, 0.29) is 12.8 Å². The average molecular weight is 876 g/mol. The summed E-state index contributed by atoms with van der Waals surface area (Å²) in [7, 11) is -4.76. The minimum Gasteiger partial charge on any atom is -0.480 e. The Kier molecular flexibility index (Phi) is 39.2. The first-order valence-electron chi connectivity index (χ1n) is 22.4. The lowest BCUT2D eigenvalue weighted by molar-refractivity contribution is -0.161. The first kappa shape index (κ1) is 57.4. The van der Waals surface area contributed by atoms with Crippen LogP contribution in [0.15, 0.2) is 97.2 Å². The number of carboxylic acid groups (broad SMARTS) is 1. The van der Waals surface area contributed by atoms with E-state index in [1.54, 1.807) is 6.08 Å². The van der Waals surface area contributed by atoms with Crippen molar-refractivity contribution in [1.82, 2.24) is 0 Å². The van der Waals surface area contributed by atoms with Gasteiger partial charge < -0.3 is 30.3 Å². The zero-order chi connectivity index (χ0) is 45.1. The van der Waals surface area contributed by atoms with Crippen molar-refractivity contribution in [2.24, 2.45) is 5.73 Å². The van der Waals surface area contributed by atoms with Gasteiger partial charge in [-0.05, 0) is 89.9 Å². The number of aliphatic carboxylic acids is 1. The first-order valence-corrected chi connectivity index (χ1v) is 23.9. The molecule has 0 aromatic carbocycles. The second-order valence-electron chi connectivity index (χ2n) is 14.7. The monoisotopic (exact) mass is 876 g/mol. The van der Waals surface area contributed by atoms with Gasteiger partial charge in [0.25, 0.3) is 0 Å². The quantitative estimate of drug-likeness (QED) is 0.0150. The number of hydrogen-bond donors (Lipinski definition) is 4. The fourth-order valence-corrected chi connectivity index (χ4v) is 6.08. The minimum atomic E-state index is -4.76. The summed E-state index contributed by atoms with van der Waals surface area (Å²) in [5, 5.41) is 18.9. The highest BCUT2D eigenvalue weighted by Crippen LogP contribution is 2.43. The highest BCUT2D eigenvalue weighted by atomic mass is 31.2. The topological polar surface area (TPSA) is 192 Å². The molecule has 0 amide bonds. The molecule has 5 N–H and O–H groups in total. The molecule has 12 nitrogen and oxygen atoms in total. The van der Waals surface area contributed by atoms with Crippen molar-refractivity contribution >= 4 is 25.7 Å². The number of aliphatic hydroxyl groups is 1. The molecule has 13 heteroatoms. The number of allylic oxidation sites excluding steroid dienone is 14. The lowest BCUT2D eigenvalue weighted by Crippen LogP contribution is -2.34. The Bertz CT molecular complexity index is 1420. The van der Waals surface area contributed by atoms with Gasteiger partial charge in [0.15, 0.2) is 6.10 Å². The maximum absolute atomic E-state index is 12.6. The van der Waals surface area contributed by atoms with Crippen LogP contribution in [-0.2, 0) is 37.5 Å². The summed E-state index contributed by atoms with van der Waals surface area (Å²) in [6.07, 6.45) is 49.3. The molecule has 0 aromatic rings. The standard InChI is InChI=1S/C48H78NO11P/c1-3-5-7-9-11-12-13-14-15-16-17-18-19-20-21-22-27-31-35-39-47(52)60-44(41-58-61(55,56)59-42-45(49)48(53)54)40-57-46(51)38-34-30-26-24-23-25-29-33-37-43(50)36-32-28-10-8-6-4-2/h11-12,14-15,17-18,20-21,24-26,28-29,32-33,37,43-45,50H,3-10,13,16,19,22-23,27,30-31,34-36,38-42,49H2,1-2H3,(H,53,54)(H,55,56)/b12-11-,15-14-,18-17-,21-20-,26-24-,29-25-,32-28-,37-33+/t43-,44-,45+/m1/s1. The zero-order valence-electron chi connectivity index (χ0n) is 37.1. The molecule has 0 fully saturated rings. The molecule has 0 saturated carbocycles. The molecule has 0 aliphatic carbocycles. The summed E-state index contributed by atoms with van der Waals surface area (Å²) in [5.74, 6) is -2.55. The summed E-state index contributed by atoms with van der Waals surface area (Å²) >= 11 is 0. The number of hydrogen-bond acceptors (Lipinski definition) is 10. The lowest BCUT2D eigenvalue weighted by atomic mass is 10.1. The van der Waals surface area contributed by atoms with Crippen molar-refractivity contribution in [3.05, 3.63) is 97.2 Å². The van der Waals surface area contributed by atoms with Gasteiger partial charge in [-0.25, -0.2) is 4.57 Å². The summed E-state index contributed by atoms with van der Waals surface area (Å²) < 4.78 is 32.6. The van der Waals surface area contributed by atoms with Crippen LogP contribution in [0.5, 0.6) is 0 Å². The van der Waals surface area contributed by atoms with E-state index >= 15 is 0 Å². The third-order valence-corrected chi connectivity index (χ3v) is 9.84. The Labute approximate surface area is 367 Å². The van der Waals surface area contributed by atoms with Gasteiger partial charge in [0.05, 0.1) is 19.3 Å². The van der Waals surface area contributed by atoms with Crippen LogP contribution in [0, 0.1) is 0 Å². The number of phosphoric ester groups is 1. The van der Waals surface area contributed by atoms with Crippen LogP contribution in [-0.4, -0.2) is 71.1 Å². The summed E-state index contributed by atoms with van der Waals surface area (Å²) in [6.45, 7) is 2.55.